The number of nitrogens with zero attached hydrogens (tertiary/aromatic N) is 2. The summed E-state index contributed by atoms with van der Waals surface area (Å²) >= 11 is 1.66. The lowest BCUT2D eigenvalue weighted by Crippen LogP contribution is -2.50. The molecule has 1 aliphatic rings. The molecule has 7 heteroatoms. The second-order valence-electron chi connectivity index (χ2n) is 6.76. The number of aryl methyl sites for hydroxylation is 2. The molecule has 146 valence electrons. The van der Waals surface area contributed by atoms with E-state index >= 15 is 0 Å². The van der Waals surface area contributed by atoms with Gasteiger partial charge >= 0.3 is 0 Å². The molecule has 1 saturated heterocycles. The van der Waals surface area contributed by atoms with E-state index in [0.717, 1.165) is 24.8 Å². The third-order valence-electron chi connectivity index (χ3n) is 4.86. The van der Waals surface area contributed by atoms with Gasteiger partial charge in [-0.3, -0.25) is 4.79 Å². The number of piperazine rings is 1. The van der Waals surface area contributed by atoms with Crippen molar-refractivity contribution in [2.24, 2.45) is 0 Å². The third-order valence-corrected chi connectivity index (χ3v) is 7.71. The molecule has 0 radical (unpaired) electrons. The minimum atomic E-state index is -3.49. The summed E-state index contributed by atoms with van der Waals surface area (Å²) in [5.74, 6) is 0.101. The lowest BCUT2D eigenvalue weighted by molar-refractivity contribution is -0.132. The molecule has 0 N–H and O–H groups in total. The Bertz CT molecular complexity index is 838. The van der Waals surface area contributed by atoms with Gasteiger partial charge in [0.1, 0.15) is 0 Å². The molecule has 27 heavy (non-hydrogen) atoms. The summed E-state index contributed by atoms with van der Waals surface area (Å²) in [5, 5.41) is 2.01. The zero-order valence-electron chi connectivity index (χ0n) is 15.6. The molecule has 1 amide bonds. The first-order valence-electron chi connectivity index (χ1n) is 9.40. The summed E-state index contributed by atoms with van der Waals surface area (Å²) in [5.41, 5.74) is 1.15. The fraction of sp³-hybridized carbons (Fsp3) is 0.450. The predicted molar refractivity (Wildman–Crippen MR) is 108 cm³/mol. The van der Waals surface area contributed by atoms with Gasteiger partial charge in [-0.25, -0.2) is 8.42 Å². The second-order valence-corrected chi connectivity index (χ2v) is 9.73. The van der Waals surface area contributed by atoms with Crippen LogP contribution in [0.5, 0.6) is 0 Å². The molecule has 0 atom stereocenters. The molecular formula is C20H26N2O3S2. The number of thiophene rings is 1. The lowest BCUT2D eigenvalue weighted by atomic mass is 10.1. The largest absolute Gasteiger partial charge is 0.340 e. The van der Waals surface area contributed by atoms with E-state index in [2.05, 4.69) is 6.92 Å². The number of carbonyl (C=O) groups is 1. The number of amides is 1. The van der Waals surface area contributed by atoms with Crippen LogP contribution in [0, 0.1) is 0 Å². The molecule has 1 aromatic heterocycles. The van der Waals surface area contributed by atoms with E-state index in [4.69, 9.17) is 0 Å². The highest BCUT2D eigenvalue weighted by Gasteiger charge is 2.29. The lowest BCUT2D eigenvalue weighted by Gasteiger charge is -2.34. The molecule has 3 rings (SSSR count). The van der Waals surface area contributed by atoms with E-state index < -0.39 is 10.0 Å². The molecule has 2 heterocycles. The number of sulfonamides is 1. The fourth-order valence-electron chi connectivity index (χ4n) is 3.29. The van der Waals surface area contributed by atoms with Crippen molar-refractivity contribution in [2.75, 3.05) is 26.2 Å². The van der Waals surface area contributed by atoms with Gasteiger partial charge in [0.25, 0.3) is 0 Å². The Labute approximate surface area is 165 Å². The molecule has 0 bridgehead atoms. The van der Waals surface area contributed by atoms with Gasteiger partial charge in [-0.05, 0) is 42.0 Å². The van der Waals surface area contributed by atoms with Gasteiger partial charge in [0, 0.05) is 37.5 Å². The zero-order chi connectivity index (χ0) is 19.3. The van der Waals surface area contributed by atoms with Crippen molar-refractivity contribution in [2.45, 2.75) is 37.5 Å². The van der Waals surface area contributed by atoms with Gasteiger partial charge in [0.05, 0.1) is 4.90 Å². The Morgan fingerprint density at radius 1 is 1.04 bits per heavy atom. The van der Waals surface area contributed by atoms with Crippen molar-refractivity contribution in [3.63, 3.8) is 0 Å². The molecule has 1 aliphatic heterocycles. The molecule has 0 unspecified atom stereocenters. The van der Waals surface area contributed by atoms with E-state index in [1.54, 1.807) is 28.4 Å². The van der Waals surface area contributed by atoms with Crippen molar-refractivity contribution < 1.29 is 13.2 Å². The first-order valence-corrected chi connectivity index (χ1v) is 11.7. The van der Waals surface area contributed by atoms with Crippen LogP contribution < -0.4 is 0 Å². The first kappa shape index (κ1) is 20.0. The minimum absolute atomic E-state index is 0.101. The molecular weight excluding hydrogens is 380 g/mol. The number of carbonyl (C=O) groups excluding carboxylic acids is 1. The average molecular weight is 407 g/mol. The Hall–Kier alpha value is -1.70. The summed E-state index contributed by atoms with van der Waals surface area (Å²) in [6.07, 6.45) is 3.21. The number of hydrogen-bond acceptors (Lipinski definition) is 4. The minimum Gasteiger partial charge on any atom is -0.340 e. The zero-order valence-corrected chi connectivity index (χ0v) is 17.3. The molecule has 1 aromatic carbocycles. The van der Waals surface area contributed by atoms with Crippen LogP contribution in [-0.2, 0) is 27.7 Å². The average Bonchev–Trinajstić information content (AvgIpc) is 3.20. The number of hydrogen-bond donors (Lipinski definition) is 0. The van der Waals surface area contributed by atoms with Crippen LogP contribution >= 0.6 is 11.3 Å². The summed E-state index contributed by atoms with van der Waals surface area (Å²) in [4.78, 5) is 15.7. The van der Waals surface area contributed by atoms with Crippen LogP contribution in [-0.4, -0.2) is 49.7 Å². The summed E-state index contributed by atoms with van der Waals surface area (Å²) in [6.45, 7) is 3.71. The van der Waals surface area contributed by atoms with Gasteiger partial charge < -0.3 is 4.90 Å². The molecule has 2 aromatic rings. The van der Waals surface area contributed by atoms with Gasteiger partial charge in [0.2, 0.25) is 15.9 Å². The van der Waals surface area contributed by atoms with Crippen LogP contribution in [0.3, 0.4) is 0 Å². The van der Waals surface area contributed by atoms with E-state index in [0.29, 0.717) is 37.5 Å². The molecule has 0 saturated carbocycles. The quantitative estimate of drug-likeness (QED) is 0.710. The van der Waals surface area contributed by atoms with E-state index in [9.17, 15) is 13.2 Å². The highest BCUT2D eigenvalue weighted by atomic mass is 32.2. The van der Waals surface area contributed by atoms with Crippen LogP contribution in [0.25, 0.3) is 0 Å². The third kappa shape index (κ3) is 4.97. The SMILES string of the molecule is CCCc1ccc(S(=O)(=O)N2CCN(C(=O)CCc3cccs3)CC2)cc1. The van der Waals surface area contributed by atoms with Gasteiger partial charge in [-0.15, -0.1) is 11.3 Å². The Morgan fingerprint density at radius 2 is 1.74 bits per heavy atom. The first-order chi connectivity index (χ1) is 13.0. The standard InChI is InChI=1S/C20H26N2O3S2/c1-2-4-17-6-9-19(10-7-17)27(24,25)22-14-12-21(13-15-22)20(23)11-8-18-5-3-16-26-18/h3,5-7,9-10,16H,2,4,8,11-15H2,1H3. The van der Waals surface area contributed by atoms with Crippen molar-refractivity contribution in [3.8, 4) is 0 Å². The molecule has 5 nitrogen and oxygen atoms in total. The topological polar surface area (TPSA) is 57.7 Å². The maximum Gasteiger partial charge on any atom is 0.243 e. The monoisotopic (exact) mass is 406 g/mol. The van der Waals surface area contributed by atoms with Crippen molar-refractivity contribution in [1.29, 1.82) is 0 Å². The summed E-state index contributed by atoms with van der Waals surface area (Å²) < 4.78 is 27.2. The highest BCUT2D eigenvalue weighted by Crippen LogP contribution is 2.19. The van der Waals surface area contributed by atoms with Crippen LogP contribution in [0.2, 0.25) is 0 Å². The summed E-state index contributed by atoms with van der Waals surface area (Å²) in [6, 6.07) is 11.2. The van der Waals surface area contributed by atoms with E-state index in [1.807, 2.05) is 29.6 Å². The Kier molecular flexibility index (Phi) is 6.68. The maximum atomic E-state index is 12.8. The normalized spacial score (nSPS) is 15.8. The smallest absolute Gasteiger partial charge is 0.243 e. The van der Waals surface area contributed by atoms with Gasteiger partial charge in [-0.1, -0.05) is 31.5 Å². The van der Waals surface area contributed by atoms with Crippen LogP contribution in [0.4, 0.5) is 0 Å². The second kappa shape index (κ2) is 8.99. The fourth-order valence-corrected chi connectivity index (χ4v) is 5.42. The molecule has 0 spiro atoms. The van der Waals surface area contributed by atoms with Crippen molar-refractivity contribution in [3.05, 3.63) is 52.2 Å². The maximum absolute atomic E-state index is 12.8. The van der Waals surface area contributed by atoms with Crippen LogP contribution in [0.1, 0.15) is 30.2 Å². The highest BCUT2D eigenvalue weighted by molar-refractivity contribution is 7.89. The molecule has 1 fully saturated rings. The number of rotatable bonds is 7. The van der Waals surface area contributed by atoms with E-state index in [-0.39, 0.29) is 5.91 Å². The number of benzene rings is 1. The predicted octanol–water partition coefficient (Wildman–Crippen LogP) is 3.17. The van der Waals surface area contributed by atoms with E-state index in [1.165, 1.54) is 9.18 Å². The van der Waals surface area contributed by atoms with Crippen molar-refractivity contribution in [1.82, 2.24) is 9.21 Å². The summed E-state index contributed by atoms with van der Waals surface area (Å²) in [7, 11) is -3.49. The Morgan fingerprint density at radius 3 is 2.33 bits per heavy atom. The molecule has 0 aliphatic carbocycles. The van der Waals surface area contributed by atoms with Gasteiger partial charge in [0.15, 0.2) is 0 Å². The van der Waals surface area contributed by atoms with Gasteiger partial charge in [-0.2, -0.15) is 4.31 Å². The van der Waals surface area contributed by atoms with Crippen molar-refractivity contribution >= 4 is 27.3 Å². The Balaban J connectivity index is 1.55. The van der Waals surface area contributed by atoms with Crippen LogP contribution in [0.15, 0.2) is 46.7 Å².